The predicted octanol–water partition coefficient (Wildman–Crippen LogP) is 2.33. The van der Waals surface area contributed by atoms with Crippen LogP contribution in [0.25, 0.3) is 0 Å². The van der Waals surface area contributed by atoms with Crippen molar-refractivity contribution in [2.45, 2.75) is 32.2 Å². The quantitative estimate of drug-likeness (QED) is 0.556. The number of nitrogens with zero attached hydrogens (tertiary/aromatic N) is 1. The molecule has 2 aliphatic rings. The van der Waals surface area contributed by atoms with Gasteiger partial charge in [0.1, 0.15) is 6.54 Å². The molecule has 1 aliphatic heterocycles. The molecule has 2 unspecified atom stereocenters. The molecule has 2 fully saturated rings. The van der Waals surface area contributed by atoms with Gasteiger partial charge in [-0.15, -0.1) is 0 Å². The molecule has 1 saturated carbocycles. The first-order valence-corrected chi connectivity index (χ1v) is 9.84. The number of fused-ring (bicyclic) bond motifs is 1. The van der Waals surface area contributed by atoms with Crippen LogP contribution in [0.4, 0.5) is 0 Å². The molecule has 9 heteroatoms. The van der Waals surface area contributed by atoms with E-state index in [0.717, 1.165) is 17.7 Å². The lowest BCUT2D eigenvalue weighted by Crippen LogP contribution is -2.38. The molecule has 0 aromatic heterocycles. The zero-order valence-electron chi connectivity index (χ0n) is 15.1. The van der Waals surface area contributed by atoms with Crippen molar-refractivity contribution >= 4 is 46.9 Å². The van der Waals surface area contributed by atoms with Gasteiger partial charge in [-0.25, -0.2) is 0 Å². The largest absolute Gasteiger partial charge is 0.454 e. The minimum atomic E-state index is -0.792. The molecule has 1 aromatic carbocycles. The van der Waals surface area contributed by atoms with Crippen molar-refractivity contribution in [3.8, 4) is 0 Å². The third-order valence-electron chi connectivity index (χ3n) is 5.07. The zero-order chi connectivity index (χ0) is 20.3. The van der Waals surface area contributed by atoms with Gasteiger partial charge in [0.2, 0.25) is 11.8 Å². The third kappa shape index (κ3) is 4.64. The van der Waals surface area contributed by atoms with E-state index in [0.29, 0.717) is 28.5 Å². The summed E-state index contributed by atoms with van der Waals surface area (Å²) in [5.41, 5.74) is 0.668. The smallest absolute Gasteiger partial charge is 0.326 e. The van der Waals surface area contributed by atoms with Gasteiger partial charge in [-0.05, 0) is 30.5 Å². The van der Waals surface area contributed by atoms with Crippen molar-refractivity contribution in [2.75, 3.05) is 13.2 Å². The summed E-state index contributed by atoms with van der Waals surface area (Å²) in [7, 11) is 0. The van der Waals surface area contributed by atoms with E-state index in [1.807, 2.05) is 0 Å². The number of carbonyl (C=O) groups excluding carboxylic acids is 4. The van der Waals surface area contributed by atoms with E-state index >= 15 is 0 Å². The average molecular weight is 427 g/mol. The standard InChI is InChI=1S/C19H20Cl2N2O5/c20-12-6-5-11(15(21)7-12)8-22-16(24)10-28-17(25)9-23-18(26)13-3-1-2-4-14(13)19(23)27/h5-7,13-14H,1-4,8-10H2,(H,22,24). The van der Waals surface area contributed by atoms with Crippen LogP contribution in [0.5, 0.6) is 0 Å². The van der Waals surface area contributed by atoms with Gasteiger partial charge in [-0.1, -0.05) is 42.1 Å². The number of halogens is 2. The predicted molar refractivity (Wildman–Crippen MR) is 101 cm³/mol. The number of nitrogens with one attached hydrogen (secondary N) is 1. The van der Waals surface area contributed by atoms with Crippen molar-refractivity contribution in [1.82, 2.24) is 10.2 Å². The van der Waals surface area contributed by atoms with Crippen LogP contribution >= 0.6 is 23.2 Å². The van der Waals surface area contributed by atoms with Gasteiger partial charge in [0.25, 0.3) is 5.91 Å². The number of carbonyl (C=O) groups is 4. The van der Waals surface area contributed by atoms with Crippen LogP contribution in [-0.2, 0) is 30.5 Å². The number of amides is 3. The molecule has 1 heterocycles. The van der Waals surface area contributed by atoms with E-state index in [2.05, 4.69) is 5.32 Å². The maximum absolute atomic E-state index is 12.3. The lowest BCUT2D eigenvalue weighted by Gasteiger charge is -2.19. The van der Waals surface area contributed by atoms with E-state index < -0.39 is 25.0 Å². The van der Waals surface area contributed by atoms with E-state index in [1.54, 1.807) is 18.2 Å². The van der Waals surface area contributed by atoms with Crippen LogP contribution in [0.2, 0.25) is 10.0 Å². The Morgan fingerprint density at radius 1 is 1.11 bits per heavy atom. The normalized spacial score (nSPS) is 21.4. The Morgan fingerprint density at radius 3 is 2.36 bits per heavy atom. The second-order valence-corrected chi connectivity index (χ2v) is 7.78. The van der Waals surface area contributed by atoms with Gasteiger partial charge >= 0.3 is 5.97 Å². The maximum Gasteiger partial charge on any atom is 0.326 e. The van der Waals surface area contributed by atoms with Crippen LogP contribution in [0.1, 0.15) is 31.2 Å². The van der Waals surface area contributed by atoms with Gasteiger partial charge < -0.3 is 10.1 Å². The molecular weight excluding hydrogens is 407 g/mol. The second kappa shape index (κ2) is 8.92. The van der Waals surface area contributed by atoms with E-state index in [4.69, 9.17) is 27.9 Å². The Kier molecular flexibility index (Phi) is 6.57. The van der Waals surface area contributed by atoms with Crippen LogP contribution in [0.3, 0.4) is 0 Å². The summed E-state index contributed by atoms with van der Waals surface area (Å²) >= 11 is 11.8. The average Bonchev–Trinajstić information content (AvgIpc) is 2.91. The van der Waals surface area contributed by atoms with Gasteiger partial charge in [0, 0.05) is 16.6 Å². The highest BCUT2D eigenvalue weighted by molar-refractivity contribution is 6.35. The lowest BCUT2D eigenvalue weighted by molar-refractivity contribution is -0.154. The third-order valence-corrected chi connectivity index (χ3v) is 5.66. The van der Waals surface area contributed by atoms with Crippen LogP contribution in [-0.4, -0.2) is 41.7 Å². The number of hydrogen-bond acceptors (Lipinski definition) is 5. The first-order chi connectivity index (χ1) is 13.4. The van der Waals surface area contributed by atoms with E-state index in [9.17, 15) is 19.2 Å². The fourth-order valence-electron chi connectivity index (χ4n) is 3.62. The fraction of sp³-hybridized carbons (Fsp3) is 0.474. The molecule has 0 spiro atoms. The summed E-state index contributed by atoms with van der Waals surface area (Å²) in [6, 6.07) is 4.89. The Labute approximate surface area is 172 Å². The SMILES string of the molecule is O=C(COC(=O)CN1C(=O)C2CCCCC2C1=O)NCc1ccc(Cl)cc1Cl. The van der Waals surface area contributed by atoms with Crippen LogP contribution in [0.15, 0.2) is 18.2 Å². The van der Waals surface area contributed by atoms with Crippen molar-refractivity contribution in [1.29, 1.82) is 0 Å². The maximum atomic E-state index is 12.3. The monoisotopic (exact) mass is 426 g/mol. The Morgan fingerprint density at radius 2 is 1.75 bits per heavy atom. The lowest BCUT2D eigenvalue weighted by atomic mass is 9.81. The van der Waals surface area contributed by atoms with Crippen LogP contribution < -0.4 is 5.32 Å². The fourth-order valence-corrected chi connectivity index (χ4v) is 4.09. The first-order valence-electron chi connectivity index (χ1n) is 9.08. The molecule has 1 aliphatic carbocycles. The van der Waals surface area contributed by atoms with Crippen molar-refractivity contribution in [2.24, 2.45) is 11.8 Å². The van der Waals surface area contributed by atoms with Crippen LogP contribution in [0, 0.1) is 11.8 Å². The summed E-state index contributed by atoms with van der Waals surface area (Å²) < 4.78 is 4.90. The number of likely N-dealkylation sites (tertiary alicyclic amines) is 1. The van der Waals surface area contributed by atoms with Gasteiger partial charge in [-0.2, -0.15) is 0 Å². The Hall–Kier alpha value is -2.12. The molecule has 150 valence electrons. The second-order valence-electron chi connectivity index (χ2n) is 6.93. The summed E-state index contributed by atoms with van der Waals surface area (Å²) in [5.74, 6) is -2.57. The summed E-state index contributed by atoms with van der Waals surface area (Å²) in [6.07, 6.45) is 3.18. The van der Waals surface area contributed by atoms with E-state index in [-0.39, 0.29) is 30.2 Å². The highest BCUT2D eigenvalue weighted by Gasteiger charge is 2.48. The number of ether oxygens (including phenoxy) is 1. The molecule has 0 radical (unpaired) electrons. The van der Waals surface area contributed by atoms with Gasteiger partial charge in [0.15, 0.2) is 6.61 Å². The van der Waals surface area contributed by atoms with Crippen molar-refractivity contribution in [3.05, 3.63) is 33.8 Å². The summed E-state index contributed by atoms with van der Waals surface area (Å²) in [6.45, 7) is -0.813. The molecule has 2 atom stereocenters. The van der Waals surface area contributed by atoms with Gasteiger partial charge in [0.05, 0.1) is 11.8 Å². The number of benzene rings is 1. The molecule has 1 aromatic rings. The number of hydrogen-bond donors (Lipinski definition) is 1. The topological polar surface area (TPSA) is 92.8 Å². The Bertz CT molecular complexity index is 790. The van der Waals surface area contributed by atoms with Crippen molar-refractivity contribution < 1.29 is 23.9 Å². The zero-order valence-corrected chi connectivity index (χ0v) is 16.6. The number of rotatable bonds is 6. The number of esters is 1. The van der Waals surface area contributed by atoms with Crippen molar-refractivity contribution in [3.63, 3.8) is 0 Å². The number of imide groups is 1. The minimum Gasteiger partial charge on any atom is -0.454 e. The molecule has 7 nitrogen and oxygen atoms in total. The Balaban J connectivity index is 1.44. The molecule has 3 amide bonds. The first kappa shape index (κ1) is 20.6. The molecule has 0 bridgehead atoms. The van der Waals surface area contributed by atoms with E-state index in [1.165, 1.54) is 0 Å². The molecule has 1 saturated heterocycles. The highest BCUT2D eigenvalue weighted by atomic mass is 35.5. The summed E-state index contributed by atoms with van der Waals surface area (Å²) in [5, 5.41) is 3.48. The minimum absolute atomic E-state index is 0.152. The molecular formula is C19H20Cl2N2O5. The molecule has 1 N–H and O–H groups in total. The highest BCUT2D eigenvalue weighted by Crippen LogP contribution is 2.37. The van der Waals surface area contributed by atoms with Gasteiger partial charge in [-0.3, -0.25) is 24.1 Å². The molecule has 3 rings (SSSR count). The molecule has 28 heavy (non-hydrogen) atoms. The summed E-state index contributed by atoms with van der Waals surface area (Å²) in [4.78, 5) is 49.5.